The molecule has 15 heavy (non-hydrogen) atoms. The van der Waals surface area contributed by atoms with Crippen molar-refractivity contribution in [3.05, 3.63) is 51.6 Å². The van der Waals surface area contributed by atoms with Crippen molar-refractivity contribution in [2.45, 2.75) is 0 Å². The molecule has 2 aromatic rings. The maximum Gasteiger partial charge on any atom is 0.195 e. The zero-order valence-corrected chi connectivity index (χ0v) is 9.22. The van der Waals surface area contributed by atoms with Crippen LogP contribution in [-0.4, -0.2) is 5.78 Å². The van der Waals surface area contributed by atoms with Crippen molar-refractivity contribution in [3.63, 3.8) is 0 Å². The van der Waals surface area contributed by atoms with E-state index in [0.717, 1.165) is 5.56 Å². The summed E-state index contributed by atoms with van der Waals surface area (Å²) >= 11 is 7.01. The Morgan fingerprint density at radius 2 is 2.27 bits per heavy atom. The fourth-order valence-electron chi connectivity index (χ4n) is 1.07. The molecule has 0 aromatic carbocycles. The molecule has 2 heterocycles. The number of hydrogen-bond acceptors (Lipinski definition) is 3. The van der Waals surface area contributed by atoms with Crippen LogP contribution >= 0.6 is 22.9 Å². The lowest BCUT2D eigenvalue weighted by atomic mass is 10.2. The van der Waals surface area contributed by atoms with Crippen LogP contribution in [0.25, 0.3) is 6.08 Å². The molecule has 0 bridgehead atoms. The Hall–Kier alpha value is -1.32. The second-order valence-corrected chi connectivity index (χ2v) is 4.57. The molecule has 2 rings (SSSR count). The number of thiophene rings is 1. The molecule has 0 saturated heterocycles. The molecule has 0 fully saturated rings. The first-order chi connectivity index (χ1) is 7.25. The number of hydrogen-bond donors (Lipinski definition) is 0. The van der Waals surface area contributed by atoms with E-state index in [1.807, 2.05) is 0 Å². The van der Waals surface area contributed by atoms with Crippen molar-refractivity contribution in [1.82, 2.24) is 0 Å². The summed E-state index contributed by atoms with van der Waals surface area (Å²) in [6.07, 6.45) is 6.35. The van der Waals surface area contributed by atoms with E-state index in [4.69, 9.17) is 16.0 Å². The third-order valence-electron chi connectivity index (χ3n) is 1.79. The third-order valence-corrected chi connectivity index (χ3v) is 3.03. The Morgan fingerprint density at radius 1 is 1.40 bits per heavy atom. The molecule has 0 aliphatic rings. The lowest BCUT2D eigenvalue weighted by Gasteiger charge is -1.86. The Balaban J connectivity index is 2.10. The molecule has 0 atom stereocenters. The van der Waals surface area contributed by atoms with E-state index in [9.17, 15) is 4.79 Å². The molecule has 0 spiro atoms. The largest absolute Gasteiger partial charge is 0.472 e. The van der Waals surface area contributed by atoms with Crippen molar-refractivity contribution in [1.29, 1.82) is 0 Å². The van der Waals surface area contributed by atoms with Gasteiger partial charge in [-0.05, 0) is 30.4 Å². The summed E-state index contributed by atoms with van der Waals surface area (Å²) in [4.78, 5) is 12.2. The van der Waals surface area contributed by atoms with Gasteiger partial charge in [-0.1, -0.05) is 11.6 Å². The Labute approximate surface area is 95.8 Å². The minimum atomic E-state index is -0.0481. The van der Waals surface area contributed by atoms with Crippen LogP contribution in [0.1, 0.15) is 15.2 Å². The van der Waals surface area contributed by atoms with Gasteiger partial charge >= 0.3 is 0 Å². The zero-order chi connectivity index (χ0) is 10.7. The molecule has 76 valence electrons. The van der Waals surface area contributed by atoms with Crippen LogP contribution in [0.4, 0.5) is 0 Å². The highest BCUT2D eigenvalue weighted by molar-refractivity contribution is 7.18. The highest BCUT2D eigenvalue weighted by Gasteiger charge is 2.04. The number of carbonyl (C=O) groups is 1. The predicted octanol–water partition coefficient (Wildman–Crippen LogP) is 3.89. The number of allylic oxidation sites excluding steroid dienone is 1. The lowest BCUT2D eigenvalue weighted by molar-refractivity contribution is 0.105. The van der Waals surface area contributed by atoms with Gasteiger partial charge in [0.2, 0.25) is 0 Å². The number of carbonyl (C=O) groups excluding carboxylic acids is 1. The summed E-state index contributed by atoms with van der Waals surface area (Å²) in [5.74, 6) is -0.0481. The molecule has 2 aromatic heterocycles. The van der Waals surface area contributed by atoms with Gasteiger partial charge < -0.3 is 4.42 Å². The van der Waals surface area contributed by atoms with Gasteiger partial charge in [0, 0.05) is 5.56 Å². The number of furan rings is 1. The van der Waals surface area contributed by atoms with Gasteiger partial charge in [0.15, 0.2) is 5.78 Å². The van der Waals surface area contributed by atoms with Crippen LogP contribution in [-0.2, 0) is 0 Å². The molecule has 0 aliphatic carbocycles. The fourth-order valence-corrected chi connectivity index (χ4v) is 2.03. The van der Waals surface area contributed by atoms with E-state index >= 15 is 0 Å². The first kappa shape index (κ1) is 10.2. The van der Waals surface area contributed by atoms with Crippen LogP contribution in [0, 0.1) is 0 Å². The smallest absolute Gasteiger partial charge is 0.195 e. The molecule has 0 aliphatic heterocycles. The molecular weight excluding hydrogens is 232 g/mol. The summed E-state index contributed by atoms with van der Waals surface area (Å²) in [6, 6.07) is 5.21. The van der Waals surface area contributed by atoms with E-state index < -0.39 is 0 Å². The minimum Gasteiger partial charge on any atom is -0.472 e. The van der Waals surface area contributed by atoms with Gasteiger partial charge in [0.25, 0.3) is 0 Å². The molecule has 0 saturated carbocycles. The molecule has 0 N–H and O–H groups in total. The van der Waals surface area contributed by atoms with Crippen LogP contribution in [0.15, 0.2) is 41.2 Å². The van der Waals surface area contributed by atoms with Gasteiger partial charge in [0.05, 0.1) is 21.7 Å². The second-order valence-electron chi connectivity index (χ2n) is 2.86. The normalized spacial score (nSPS) is 11.0. The topological polar surface area (TPSA) is 30.2 Å². The number of ketones is 1. The van der Waals surface area contributed by atoms with E-state index in [1.54, 1.807) is 36.8 Å². The first-order valence-corrected chi connectivity index (χ1v) is 5.45. The predicted molar refractivity (Wildman–Crippen MR) is 61.4 cm³/mol. The number of halogens is 1. The van der Waals surface area contributed by atoms with E-state index in [2.05, 4.69) is 0 Å². The average molecular weight is 239 g/mol. The second kappa shape index (κ2) is 4.47. The zero-order valence-electron chi connectivity index (χ0n) is 7.64. The van der Waals surface area contributed by atoms with Crippen LogP contribution < -0.4 is 0 Å². The third kappa shape index (κ3) is 2.58. The average Bonchev–Trinajstić information content (AvgIpc) is 2.84. The number of rotatable bonds is 3. The highest BCUT2D eigenvalue weighted by atomic mass is 35.5. The van der Waals surface area contributed by atoms with Gasteiger partial charge in [-0.2, -0.15) is 0 Å². The van der Waals surface area contributed by atoms with E-state index in [0.29, 0.717) is 9.21 Å². The SMILES string of the molecule is O=C(C=Cc1ccoc1)c1ccc(Cl)s1. The first-order valence-electron chi connectivity index (χ1n) is 4.25. The molecule has 0 amide bonds. The monoisotopic (exact) mass is 238 g/mol. The fraction of sp³-hybridized carbons (Fsp3) is 0. The molecular formula is C11H7ClO2S. The van der Waals surface area contributed by atoms with Gasteiger partial charge in [-0.3, -0.25) is 4.79 Å². The van der Waals surface area contributed by atoms with E-state index in [1.165, 1.54) is 17.4 Å². The highest BCUT2D eigenvalue weighted by Crippen LogP contribution is 2.22. The molecule has 0 radical (unpaired) electrons. The maximum absolute atomic E-state index is 11.6. The Bertz CT molecular complexity index is 482. The van der Waals surface area contributed by atoms with Gasteiger partial charge in [-0.25, -0.2) is 0 Å². The Kier molecular flexibility index (Phi) is 3.04. The quantitative estimate of drug-likeness (QED) is 0.600. The minimum absolute atomic E-state index is 0.0481. The van der Waals surface area contributed by atoms with Crippen LogP contribution in [0.2, 0.25) is 4.34 Å². The van der Waals surface area contributed by atoms with Crippen molar-refractivity contribution >= 4 is 34.8 Å². The van der Waals surface area contributed by atoms with E-state index in [-0.39, 0.29) is 5.78 Å². The molecule has 0 unspecified atom stereocenters. The van der Waals surface area contributed by atoms with Gasteiger partial charge in [-0.15, -0.1) is 11.3 Å². The lowest BCUT2D eigenvalue weighted by Crippen LogP contribution is -1.87. The van der Waals surface area contributed by atoms with Gasteiger partial charge in [0.1, 0.15) is 0 Å². The van der Waals surface area contributed by atoms with Crippen molar-refractivity contribution in [2.75, 3.05) is 0 Å². The summed E-state index contributed by atoms with van der Waals surface area (Å²) < 4.78 is 5.50. The molecule has 4 heteroatoms. The van der Waals surface area contributed by atoms with Crippen molar-refractivity contribution in [3.8, 4) is 0 Å². The summed E-state index contributed by atoms with van der Waals surface area (Å²) in [7, 11) is 0. The summed E-state index contributed by atoms with van der Waals surface area (Å²) in [5, 5.41) is 0. The van der Waals surface area contributed by atoms with Crippen molar-refractivity contribution in [2.24, 2.45) is 0 Å². The standard InChI is InChI=1S/C11H7ClO2S/c12-11-4-3-10(15-11)9(13)2-1-8-5-6-14-7-8/h1-7H. The summed E-state index contributed by atoms with van der Waals surface area (Å²) in [6.45, 7) is 0. The summed E-state index contributed by atoms with van der Waals surface area (Å²) in [5.41, 5.74) is 0.867. The van der Waals surface area contributed by atoms with Crippen molar-refractivity contribution < 1.29 is 9.21 Å². The van der Waals surface area contributed by atoms with Crippen LogP contribution in [0.5, 0.6) is 0 Å². The Morgan fingerprint density at radius 3 is 2.87 bits per heavy atom. The maximum atomic E-state index is 11.6. The van der Waals surface area contributed by atoms with Crippen LogP contribution in [0.3, 0.4) is 0 Å². The molecule has 2 nitrogen and oxygen atoms in total.